The lowest BCUT2D eigenvalue weighted by Gasteiger charge is -2.30. The van der Waals surface area contributed by atoms with E-state index in [0.717, 1.165) is 17.7 Å². The molecular formula is C28H33F3N6O3. The molecule has 2 aromatic heterocycles. The second-order valence-corrected chi connectivity index (χ2v) is 10.9. The molecule has 3 aromatic rings. The molecule has 0 saturated heterocycles. The van der Waals surface area contributed by atoms with Crippen LogP contribution >= 0.6 is 0 Å². The Hall–Kier alpha value is -4.09. The zero-order valence-electron chi connectivity index (χ0n) is 23.3. The molecule has 214 valence electrons. The van der Waals surface area contributed by atoms with Crippen molar-refractivity contribution in [3.05, 3.63) is 63.3 Å². The van der Waals surface area contributed by atoms with E-state index in [4.69, 9.17) is 10.5 Å². The summed E-state index contributed by atoms with van der Waals surface area (Å²) in [7, 11) is 1.65. The van der Waals surface area contributed by atoms with Crippen molar-refractivity contribution in [2.24, 2.45) is 7.05 Å². The van der Waals surface area contributed by atoms with Gasteiger partial charge in [-0.25, -0.2) is 14.8 Å². The number of pyridine rings is 1. The fourth-order valence-corrected chi connectivity index (χ4v) is 4.57. The number of hydrogen-bond donors (Lipinski definition) is 2. The molecule has 0 spiro atoms. The lowest BCUT2D eigenvalue weighted by atomic mass is 10.0. The summed E-state index contributed by atoms with van der Waals surface area (Å²) in [4.78, 5) is 36.3. The Morgan fingerprint density at radius 3 is 2.45 bits per heavy atom. The topological polar surface area (TPSA) is 115 Å². The largest absolute Gasteiger partial charge is 0.444 e. The number of alkyl halides is 3. The molecular weight excluding hydrogens is 525 g/mol. The van der Waals surface area contributed by atoms with Gasteiger partial charge >= 0.3 is 12.3 Å². The number of ether oxygens (including phenoxy) is 1. The molecule has 9 nitrogen and oxygen atoms in total. The van der Waals surface area contributed by atoms with Crippen molar-refractivity contribution in [2.75, 3.05) is 24.1 Å². The fourth-order valence-electron chi connectivity index (χ4n) is 4.57. The van der Waals surface area contributed by atoms with Gasteiger partial charge in [0.15, 0.2) is 0 Å². The van der Waals surface area contributed by atoms with Crippen molar-refractivity contribution in [2.45, 2.75) is 58.9 Å². The minimum absolute atomic E-state index is 0.0111. The quantitative estimate of drug-likeness (QED) is 0.410. The van der Waals surface area contributed by atoms with Crippen LogP contribution in [0, 0.1) is 6.92 Å². The van der Waals surface area contributed by atoms with Gasteiger partial charge in [-0.2, -0.15) is 13.2 Å². The van der Waals surface area contributed by atoms with Crippen molar-refractivity contribution >= 4 is 34.1 Å². The van der Waals surface area contributed by atoms with Crippen LogP contribution in [-0.2, 0) is 18.0 Å². The molecule has 1 aromatic carbocycles. The van der Waals surface area contributed by atoms with Gasteiger partial charge in [0.1, 0.15) is 22.8 Å². The number of rotatable bonds is 4. The van der Waals surface area contributed by atoms with Gasteiger partial charge in [0.25, 0.3) is 5.56 Å². The van der Waals surface area contributed by atoms with Gasteiger partial charge in [-0.15, -0.1) is 0 Å². The number of hydrogen-bond acceptors (Lipinski definition) is 7. The van der Waals surface area contributed by atoms with Crippen molar-refractivity contribution in [1.82, 2.24) is 19.4 Å². The first kappa shape index (κ1) is 28.9. The highest BCUT2D eigenvalue weighted by atomic mass is 19.4. The van der Waals surface area contributed by atoms with Crippen LogP contribution in [0.15, 0.2) is 35.1 Å². The summed E-state index contributed by atoms with van der Waals surface area (Å²) in [6.45, 7) is 9.48. The Kier molecular flexibility index (Phi) is 7.57. The number of carbonyl (C=O) groups is 1. The SMILES string of the molecule is Cc1nc(NC(C)c2cc(N)cc(C(F)(F)F)c2)c2cc(C3=CCN(C(=O)OC(C)(C)C)CC3)n(C)c(=O)c2n1. The Morgan fingerprint density at radius 2 is 1.85 bits per heavy atom. The normalized spacial score (nSPS) is 15.1. The zero-order valence-corrected chi connectivity index (χ0v) is 23.3. The van der Waals surface area contributed by atoms with Crippen molar-refractivity contribution in [3.63, 3.8) is 0 Å². The predicted octanol–water partition coefficient (Wildman–Crippen LogP) is 5.44. The average molecular weight is 559 g/mol. The van der Waals surface area contributed by atoms with E-state index in [1.165, 1.54) is 10.6 Å². The summed E-state index contributed by atoms with van der Waals surface area (Å²) in [5, 5.41) is 3.59. The number of aryl methyl sites for hydroxylation is 1. The van der Waals surface area contributed by atoms with E-state index in [0.29, 0.717) is 47.8 Å². The van der Waals surface area contributed by atoms with Gasteiger partial charge in [-0.1, -0.05) is 6.08 Å². The molecule has 3 heterocycles. The zero-order chi connectivity index (χ0) is 29.6. The monoisotopic (exact) mass is 558 g/mol. The predicted molar refractivity (Wildman–Crippen MR) is 148 cm³/mol. The highest BCUT2D eigenvalue weighted by Gasteiger charge is 2.31. The highest BCUT2D eigenvalue weighted by Crippen LogP contribution is 2.34. The molecule has 3 N–H and O–H groups in total. The maximum atomic E-state index is 13.4. The number of nitrogens with zero attached hydrogens (tertiary/aromatic N) is 4. The number of nitrogen functional groups attached to an aromatic ring is 1. The van der Waals surface area contributed by atoms with Gasteiger partial charge < -0.3 is 25.3 Å². The second-order valence-electron chi connectivity index (χ2n) is 10.9. The van der Waals surface area contributed by atoms with Crippen molar-refractivity contribution in [3.8, 4) is 0 Å². The first-order valence-corrected chi connectivity index (χ1v) is 12.8. The van der Waals surface area contributed by atoms with E-state index in [1.54, 1.807) is 52.6 Å². The van der Waals surface area contributed by atoms with Crippen LogP contribution in [0.2, 0.25) is 0 Å². The molecule has 40 heavy (non-hydrogen) atoms. The van der Waals surface area contributed by atoms with Crippen LogP contribution in [0.1, 0.15) is 62.8 Å². The molecule has 0 bridgehead atoms. The maximum Gasteiger partial charge on any atom is 0.416 e. The molecule has 1 aliphatic heterocycles. The Morgan fingerprint density at radius 1 is 1.15 bits per heavy atom. The summed E-state index contributed by atoms with van der Waals surface area (Å²) in [6, 6.07) is 4.57. The number of amides is 1. The number of carbonyl (C=O) groups excluding carboxylic acids is 1. The van der Waals surface area contributed by atoms with Crippen molar-refractivity contribution in [1.29, 1.82) is 0 Å². The Bertz CT molecular complexity index is 1560. The van der Waals surface area contributed by atoms with Crippen LogP contribution in [0.5, 0.6) is 0 Å². The summed E-state index contributed by atoms with van der Waals surface area (Å²) in [5.41, 5.74) is 5.96. The molecule has 1 amide bonds. The molecule has 1 atom stereocenters. The Labute approximate surface area is 229 Å². The first-order valence-electron chi connectivity index (χ1n) is 12.8. The molecule has 12 heteroatoms. The van der Waals surface area contributed by atoms with E-state index >= 15 is 0 Å². The van der Waals surface area contributed by atoms with Gasteiger partial charge in [0, 0.05) is 31.5 Å². The van der Waals surface area contributed by atoms with Crippen LogP contribution < -0.4 is 16.6 Å². The van der Waals surface area contributed by atoms with E-state index in [2.05, 4.69) is 15.3 Å². The molecule has 4 rings (SSSR count). The van der Waals surface area contributed by atoms with E-state index in [-0.39, 0.29) is 16.8 Å². The first-order chi connectivity index (χ1) is 18.5. The lowest BCUT2D eigenvalue weighted by Crippen LogP contribution is -2.39. The van der Waals surface area contributed by atoms with Crippen LogP contribution in [0.4, 0.5) is 29.5 Å². The van der Waals surface area contributed by atoms with E-state index in [1.807, 2.05) is 6.08 Å². The van der Waals surface area contributed by atoms with Crippen molar-refractivity contribution < 1.29 is 22.7 Å². The standard InChI is InChI=1S/C28H33F3N6O3/c1-15(18-11-19(28(29,30)31)13-20(32)12-18)33-24-21-14-22(36(6)25(38)23(21)34-16(2)35-24)17-7-9-37(10-8-17)26(39)40-27(3,4)5/h7,11-15H,8-10,32H2,1-6H3,(H,33,34,35). The number of nitrogens with two attached hydrogens (primary N) is 1. The third-order valence-electron chi connectivity index (χ3n) is 6.56. The van der Waals surface area contributed by atoms with Gasteiger partial charge in [-0.3, -0.25) is 4.79 Å². The number of halogens is 3. The molecule has 0 radical (unpaired) electrons. The van der Waals surface area contributed by atoms with Crippen LogP contribution in [0.25, 0.3) is 16.5 Å². The summed E-state index contributed by atoms with van der Waals surface area (Å²) in [6.07, 6.45) is -2.58. The average Bonchev–Trinajstić information content (AvgIpc) is 2.84. The number of aromatic nitrogens is 3. The highest BCUT2D eigenvalue weighted by molar-refractivity contribution is 5.91. The molecule has 1 aliphatic rings. The minimum atomic E-state index is -4.55. The lowest BCUT2D eigenvalue weighted by molar-refractivity contribution is -0.137. The molecule has 0 saturated carbocycles. The number of benzene rings is 1. The Balaban J connectivity index is 1.71. The van der Waals surface area contributed by atoms with E-state index in [9.17, 15) is 22.8 Å². The van der Waals surface area contributed by atoms with Crippen LogP contribution in [0.3, 0.4) is 0 Å². The number of nitrogens with one attached hydrogen (secondary N) is 1. The second kappa shape index (κ2) is 10.5. The van der Waals surface area contributed by atoms with Gasteiger partial charge in [0.05, 0.1) is 17.0 Å². The molecule has 0 aliphatic carbocycles. The summed E-state index contributed by atoms with van der Waals surface area (Å²) in [5.74, 6) is 0.650. The maximum absolute atomic E-state index is 13.4. The number of fused-ring (bicyclic) bond motifs is 1. The van der Waals surface area contributed by atoms with E-state index < -0.39 is 29.5 Å². The minimum Gasteiger partial charge on any atom is -0.444 e. The smallest absolute Gasteiger partial charge is 0.416 e. The molecule has 0 fully saturated rings. The summed E-state index contributed by atoms with van der Waals surface area (Å²) >= 11 is 0. The fraction of sp³-hybridized carbons (Fsp3) is 0.429. The van der Waals surface area contributed by atoms with Gasteiger partial charge in [0.2, 0.25) is 0 Å². The third-order valence-corrected chi connectivity index (χ3v) is 6.56. The number of anilines is 2. The third kappa shape index (κ3) is 6.21. The molecule has 1 unspecified atom stereocenters. The van der Waals surface area contributed by atoms with Crippen LogP contribution in [-0.4, -0.2) is 44.2 Å². The van der Waals surface area contributed by atoms with Gasteiger partial charge in [-0.05, 0) is 76.4 Å². The summed E-state index contributed by atoms with van der Waals surface area (Å²) < 4.78 is 47.1.